The fraction of sp³-hybridized carbons (Fsp3) is 0.467. The number of rotatable bonds is 2. The summed E-state index contributed by atoms with van der Waals surface area (Å²) in [5.41, 5.74) is 0.901. The zero-order valence-electron chi connectivity index (χ0n) is 11.4. The highest BCUT2D eigenvalue weighted by atomic mass is 35.5. The molecule has 112 valence electrons. The Bertz CT molecular complexity index is 589. The molecule has 5 nitrogen and oxygen atoms in total. The number of nitrogens with zero attached hydrogens (tertiary/aromatic N) is 1. The lowest BCUT2D eigenvalue weighted by Crippen LogP contribution is -2.46. The second-order valence-corrected chi connectivity index (χ2v) is 5.93. The van der Waals surface area contributed by atoms with Crippen LogP contribution in [-0.4, -0.2) is 41.1 Å². The van der Waals surface area contributed by atoms with Crippen LogP contribution in [0.3, 0.4) is 0 Å². The van der Waals surface area contributed by atoms with Crippen molar-refractivity contribution in [3.63, 3.8) is 0 Å². The van der Waals surface area contributed by atoms with E-state index in [1.54, 1.807) is 18.2 Å². The first kappa shape index (κ1) is 14.2. The Morgan fingerprint density at radius 2 is 2.19 bits per heavy atom. The maximum Gasteiger partial charge on any atom is 0.326 e. The Morgan fingerprint density at radius 1 is 1.38 bits per heavy atom. The predicted octanol–water partition coefficient (Wildman–Crippen LogP) is 1.97. The van der Waals surface area contributed by atoms with Crippen molar-refractivity contribution in [2.24, 2.45) is 5.92 Å². The van der Waals surface area contributed by atoms with Crippen LogP contribution in [-0.2, 0) is 16.0 Å². The van der Waals surface area contributed by atoms with Crippen LogP contribution in [0.4, 0.5) is 0 Å². The molecule has 0 bridgehead atoms. The van der Waals surface area contributed by atoms with Crippen molar-refractivity contribution in [2.75, 3.05) is 13.2 Å². The number of carboxylic acid groups (broad SMARTS) is 1. The third-order valence-corrected chi connectivity index (χ3v) is 4.33. The van der Waals surface area contributed by atoms with Crippen molar-refractivity contribution in [2.45, 2.75) is 25.3 Å². The molecule has 0 aliphatic carbocycles. The highest BCUT2D eigenvalue weighted by Gasteiger charge is 2.38. The lowest BCUT2D eigenvalue weighted by atomic mass is 9.95. The van der Waals surface area contributed by atoms with E-state index in [0.29, 0.717) is 24.4 Å². The van der Waals surface area contributed by atoms with Crippen LogP contribution in [0, 0.1) is 5.92 Å². The third kappa shape index (κ3) is 2.70. The van der Waals surface area contributed by atoms with E-state index in [1.165, 1.54) is 4.90 Å². The SMILES string of the molecule is O=C(O)[C@H]1CCCN1C(=O)C1COc2ccc(Cl)cc2C1. The topological polar surface area (TPSA) is 66.8 Å². The van der Waals surface area contributed by atoms with E-state index in [0.717, 1.165) is 17.7 Å². The molecule has 0 spiro atoms. The number of carboxylic acids is 1. The zero-order chi connectivity index (χ0) is 15.0. The molecule has 3 rings (SSSR count). The Balaban J connectivity index is 1.76. The van der Waals surface area contributed by atoms with E-state index in [-0.39, 0.29) is 18.4 Å². The minimum absolute atomic E-state index is 0.134. The van der Waals surface area contributed by atoms with Crippen LogP contribution in [0.25, 0.3) is 0 Å². The third-order valence-electron chi connectivity index (χ3n) is 4.10. The van der Waals surface area contributed by atoms with Gasteiger partial charge < -0.3 is 14.7 Å². The van der Waals surface area contributed by atoms with Crippen molar-refractivity contribution in [3.8, 4) is 5.75 Å². The molecule has 1 saturated heterocycles. The zero-order valence-corrected chi connectivity index (χ0v) is 12.2. The molecule has 0 radical (unpaired) electrons. The number of amides is 1. The number of halogens is 1. The standard InChI is InChI=1S/C15H16ClNO4/c16-11-3-4-13-9(7-11)6-10(8-21-13)14(18)17-5-1-2-12(17)15(19)20/h3-4,7,10,12H,1-2,5-6,8H2,(H,19,20)/t10?,12-/m1/s1. The molecule has 2 aliphatic heterocycles. The smallest absolute Gasteiger partial charge is 0.326 e. The fourth-order valence-corrected chi connectivity index (χ4v) is 3.24. The Morgan fingerprint density at radius 3 is 2.95 bits per heavy atom. The van der Waals surface area contributed by atoms with Crippen molar-refractivity contribution < 1.29 is 19.4 Å². The van der Waals surface area contributed by atoms with Crippen LogP contribution in [0.1, 0.15) is 18.4 Å². The molecule has 2 heterocycles. The molecule has 2 aliphatic rings. The molecule has 0 saturated carbocycles. The largest absolute Gasteiger partial charge is 0.492 e. The van der Waals surface area contributed by atoms with E-state index in [1.807, 2.05) is 0 Å². The predicted molar refractivity (Wildman–Crippen MR) is 76.5 cm³/mol. The first-order valence-corrected chi connectivity index (χ1v) is 7.38. The van der Waals surface area contributed by atoms with Gasteiger partial charge in [0, 0.05) is 11.6 Å². The maximum absolute atomic E-state index is 12.6. The monoisotopic (exact) mass is 309 g/mol. The average Bonchev–Trinajstić information content (AvgIpc) is 2.95. The van der Waals surface area contributed by atoms with Gasteiger partial charge >= 0.3 is 5.97 Å². The molecule has 1 N–H and O–H groups in total. The highest BCUT2D eigenvalue weighted by Crippen LogP contribution is 2.31. The highest BCUT2D eigenvalue weighted by molar-refractivity contribution is 6.30. The van der Waals surface area contributed by atoms with Crippen molar-refractivity contribution in [1.82, 2.24) is 4.90 Å². The maximum atomic E-state index is 12.6. The first-order valence-electron chi connectivity index (χ1n) is 7.01. The molecule has 1 aromatic carbocycles. The van der Waals surface area contributed by atoms with Crippen LogP contribution in [0.2, 0.25) is 5.02 Å². The second kappa shape index (κ2) is 5.56. The summed E-state index contributed by atoms with van der Waals surface area (Å²) in [5.74, 6) is -0.651. The summed E-state index contributed by atoms with van der Waals surface area (Å²) in [5, 5.41) is 9.79. The molecule has 1 fully saturated rings. The minimum Gasteiger partial charge on any atom is -0.492 e. The number of hydrogen-bond donors (Lipinski definition) is 1. The molecule has 6 heteroatoms. The number of benzene rings is 1. The molecule has 1 aromatic rings. The summed E-state index contributed by atoms with van der Waals surface area (Å²) in [6, 6.07) is 4.66. The average molecular weight is 310 g/mol. The number of carbonyl (C=O) groups excluding carboxylic acids is 1. The Hall–Kier alpha value is -1.75. The summed E-state index contributed by atoms with van der Waals surface area (Å²) in [7, 11) is 0. The quantitative estimate of drug-likeness (QED) is 0.907. The minimum atomic E-state index is -0.930. The number of carbonyl (C=O) groups is 2. The first-order chi connectivity index (χ1) is 10.1. The summed E-state index contributed by atoms with van der Waals surface area (Å²) in [4.78, 5) is 25.2. The normalized spacial score (nSPS) is 24.3. The lowest BCUT2D eigenvalue weighted by molar-refractivity contribution is -0.150. The van der Waals surface area contributed by atoms with Gasteiger partial charge in [0.15, 0.2) is 0 Å². The molecule has 0 aromatic heterocycles. The summed E-state index contributed by atoms with van der Waals surface area (Å²) < 4.78 is 5.61. The summed E-state index contributed by atoms with van der Waals surface area (Å²) >= 11 is 5.97. The van der Waals surface area contributed by atoms with Crippen LogP contribution < -0.4 is 4.74 Å². The van der Waals surface area contributed by atoms with Gasteiger partial charge in [0.1, 0.15) is 18.4 Å². The van der Waals surface area contributed by atoms with E-state index in [9.17, 15) is 14.7 Å². The van der Waals surface area contributed by atoms with Crippen LogP contribution >= 0.6 is 11.6 Å². The molecular weight excluding hydrogens is 294 g/mol. The van der Waals surface area contributed by atoms with E-state index < -0.39 is 12.0 Å². The Labute approximate surface area is 127 Å². The van der Waals surface area contributed by atoms with Crippen LogP contribution in [0.5, 0.6) is 5.75 Å². The fourth-order valence-electron chi connectivity index (χ4n) is 3.04. The Kier molecular flexibility index (Phi) is 3.76. The number of aliphatic carboxylic acids is 1. The van der Waals surface area contributed by atoms with Gasteiger partial charge in [0.25, 0.3) is 0 Å². The van der Waals surface area contributed by atoms with E-state index in [2.05, 4.69) is 0 Å². The molecule has 21 heavy (non-hydrogen) atoms. The van der Waals surface area contributed by atoms with Gasteiger partial charge in [-0.3, -0.25) is 4.79 Å². The van der Waals surface area contributed by atoms with Crippen LogP contribution in [0.15, 0.2) is 18.2 Å². The van der Waals surface area contributed by atoms with Gasteiger partial charge in [-0.2, -0.15) is 0 Å². The van der Waals surface area contributed by atoms with Gasteiger partial charge in [-0.15, -0.1) is 0 Å². The van der Waals surface area contributed by atoms with Crippen molar-refractivity contribution in [3.05, 3.63) is 28.8 Å². The van der Waals surface area contributed by atoms with E-state index in [4.69, 9.17) is 16.3 Å². The molecule has 1 unspecified atom stereocenters. The van der Waals surface area contributed by atoms with Gasteiger partial charge in [-0.1, -0.05) is 11.6 Å². The molecule has 1 amide bonds. The van der Waals surface area contributed by atoms with Gasteiger partial charge in [0.2, 0.25) is 5.91 Å². The molecular formula is C15H16ClNO4. The van der Waals surface area contributed by atoms with E-state index >= 15 is 0 Å². The number of hydrogen-bond acceptors (Lipinski definition) is 3. The lowest BCUT2D eigenvalue weighted by Gasteiger charge is -2.30. The van der Waals surface area contributed by atoms with Crippen molar-refractivity contribution in [1.29, 1.82) is 0 Å². The second-order valence-electron chi connectivity index (χ2n) is 5.49. The summed E-state index contributed by atoms with van der Waals surface area (Å²) in [6.45, 7) is 0.797. The number of ether oxygens (including phenoxy) is 1. The number of likely N-dealkylation sites (tertiary alicyclic amines) is 1. The summed E-state index contributed by atoms with van der Waals surface area (Å²) in [6.07, 6.45) is 1.80. The van der Waals surface area contributed by atoms with Gasteiger partial charge in [0.05, 0.1) is 5.92 Å². The molecule has 2 atom stereocenters. The van der Waals surface area contributed by atoms with Gasteiger partial charge in [-0.05, 0) is 43.0 Å². The van der Waals surface area contributed by atoms with Crippen molar-refractivity contribution >= 4 is 23.5 Å². The van der Waals surface area contributed by atoms with Gasteiger partial charge in [-0.25, -0.2) is 4.79 Å². The number of fused-ring (bicyclic) bond motifs is 1.